The molecule has 0 saturated heterocycles. The summed E-state index contributed by atoms with van der Waals surface area (Å²) in [6.45, 7) is 6.71. The molecule has 0 aliphatic carbocycles. The van der Waals surface area contributed by atoms with Gasteiger partial charge in [0.25, 0.3) is 0 Å². The Labute approximate surface area is 161 Å². The van der Waals surface area contributed by atoms with Crippen LogP contribution in [-0.4, -0.2) is 18.9 Å². The Bertz CT molecular complexity index is 839. The number of rotatable bonds is 4. The van der Waals surface area contributed by atoms with Crippen molar-refractivity contribution in [3.63, 3.8) is 0 Å². The first-order valence-electron chi connectivity index (χ1n) is 8.33. The summed E-state index contributed by atoms with van der Waals surface area (Å²) in [5, 5.41) is 4.03. The average molecular weight is 417 g/mol. The van der Waals surface area contributed by atoms with Crippen LogP contribution in [0.3, 0.4) is 0 Å². The van der Waals surface area contributed by atoms with Crippen molar-refractivity contribution in [1.29, 1.82) is 0 Å². The lowest BCUT2D eigenvalue weighted by molar-refractivity contribution is -0.120. The van der Waals surface area contributed by atoms with E-state index in [9.17, 15) is 4.79 Å². The molecule has 0 fully saturated rings. The third kappa shape index (κ3) is 4.43. The molecular formula is C20H21BrN2O3. The highest BCUT2D eigenvalue weighted by molar-refractivity contribution is 9.10. The van der Waals surface area contributed by atoms with E-state index in [0.29, 0.717) is 11.5 Å². The third-order valence-corrected chi connectivity index (χ3v) is 4.76. The summed E-state index contributed by atoms with van der Waals surface area (Å²) >= 11 is 3.45. The van der Waals surface area contributed by atoms with Gasteiger partial charge in [0.05, 0.1) is 12.6 Å². The van der Waals surface area contributed by atoms with Gasteiger partial charge in [0.1, 0.15) is 0 Å². The molecule has 26 heavy (non-hydrogen) atoms. The highest BCUT2D eigenvalue weighted by atomic mass is 79.9. The molecule has 5 nitrogen and oxygen atoms in total. The van der Waals surface area contributed by atoms with Gasteiger partial charge in [0.15, 0.2) is 11.5 Å². The number of benzene rings is 2. The molecule has 6 heteroatoms. The molecule has 0 atom stereocenters. The molecule has 1 amide bonds. The number of hydrogen-bond donors (Lipinski definition) is 1. The summed E-state index contributed by atoms with van der Waals surface area (Å²) in [6.07, 6.45) is 1.86. The molecule has 1 N–H and O–H groups in total. The van der Waals surface area contributed by atoms with E-state index >= 15 is 0 Å². The number of hydrazone groups is 1. The first-order valence-corrected chi connectivity index (χ1v) is 9.13. The van der Waals surface area contributed by atoms with Crippen LogP contribution in [0.5, 0.6) is 11.5 Å². The van der Waals surface area contributed by atoms with Crippen LogP contribution in [0.2, 0.25) is 0 Å². The smallest absolute Gasteiger partial charge is 0.244 e. The van der Waals surface area contributed by atoms with Gasteiger partial charge in [-0.25, -0.2) is 5.43 Å². The monoisotopic (exact) mass is 416 g/mol. The summed E-state index contributed by atoms with van der Waals surface area (Å²) in [4.78, 5) is 12.1. The lowest BCUT2D eigenvalue weighted by atomic mass is 9.86. The first-order chi connectivity index (χ1) is 12.3. The normalized spacial score (nSPS) is 13.2. The van der Waals surface area contributed by atoms with Crippen molar-refractivity contribution < 1.29 is 14.3 Å². The maximum atomic E-state index is 12.1. The molecule has 0 unspecified atom stereocenters. The number of nitrogens with one attached hydrogen (secondary N) is 1. The van der Waals surface area contributed by atoms with E-state index < -0.39 is 0 Å². The third-order valence-electron chi connectivity index (χ3n) is 4.07. The van der Waals surface area contributed by atoms with Gasteiger partial charge in [-0.3, -0.25) is 4.79 Å². The minimum absolute atomic E-state index is 0.100. The standard InChI is InChI=1S/C20H21BrN2O3/c1-20(2,3)15-6-4-13(5-7-15)8-19(24)23-22-11-14-9-17-18(10-16(14)21)26-12-25-17/h4-7,9-11H,8,12H2,1-3H3,(H,23,24)/b22-11-. The van der Waals surface area contributed by atoms with Crippen molar-refractivity contribution in [3.8, 4) is 11.5 Å². The minimum Gasteiger partial charge on any atom is -0.454 e. The summed E-state index contributed by atoms with van der Waals surface area (Å²) in [5.74, 6) is 1.19. The van der Waals surface area contributed by atoms with Crippen molar-refractivity contribution in [2.75, 3.05) is 6.79 Å². The van der Waals surface area contributed by atoms with Crippen LogP contribution in [0.4, 0.5) is 0 Å². The molecule has 0 aromatic heterocycles. The average Bonchev–Trinajstić information content (AvgIpc) is 3.01. The lowest BCUT2D eigenvalue weighted by Gasteiger charge is -2.19. The number of carbonyl (C=O) groups excluding carboxylic acids is 1. The van der Waals surface area contributed by atoms with Crippen molar-refractivity contribution in [2.24, 2.45) is 5.10 Å². The van der Waals surface area contributed by atoms with Crippen LogP contribution in [0.1, 0.15) is 37.5 Å². The zero-order valence-electron chi connectivity index (χ0n) is 15.0. The van der Waals surface area contributed by atoms with E-state index in [1.54, 1.807) is 6.21 Å². The topological polar surface area (TPSA) is 59.9 Å². The summed E-state index contributed by atoms with van der Waals surface area (Å²) < 4.78 is 11.5. The minimum atomic E-state index is -0.165. The second-order valence-corrected chi connectivity index (χ2v) is 8.00. The number of ether oxygens (including phenoxy) is 2. The van der Waals surface area contributed by atoms with Crippen LogP contribution in [-0.2, 0) is 16.6 Å². The van der Waals surface area contributed by atoms with Crippen molar-refractivity contribution >= 4 is 28.1 Å². The van der Waals surface area contributed by atoms with Gasteiger partial charge >= 0.3 is 0 Å². The molecule has 0 saturated carbocycles. The highest BCUT2D eigenvalue weighted by Crippen LogP contribution is 2.36. The van der Waals surface area contributed by atoms with Gasteiger partial charge in [0.2, 0.25) is 12.7 Å². The molecule has 0 spiro atoms. The fraction of sp³-hybridized carbons (Fsp3) is 0.300. The summed E-state index contributed by atoms with van der Waals surface area (Å²) in [6, 6.07) is 11.7. The summed E-state index contributed by atoms with van der Waals surface area (Å²) in [7, 11) is 0. The van der Waals surface area contributed by atoms with Gasteiger partial charge in [-0.15, -0.1) is 0 Å². The van der Waals surface area contributed by atoms with Crippen molar-refractivity contribution in [2.45, 2.75) is 32.6 Å². The van der Waals surface area contributed by atoms with E-state index in [0.717, 1.165) is 15.6 Å². The van der Waals surface area contributed by atoms with Crippen LogP contribution < -0.4 is 14.9 Å². The molecule has 0 bridgehead atoms. The van der Waals surface area contributed by atoms with Crippen LogP contribution >= 0.6 is 15.9 Å². The largest absolute Gasteiger partial charge is 0.454 e. The Morgan fingerprint density at radius 1 is 1.19 bits per heavy atom. The van der Waals surface area contributed by atoms with Gasteiger partial charge in [-0.2, -0.15) is 5.10 Å². The van der Waals surface area contributed by atoms with Crippen LogP contribution in [0.15, 0.2) is 46.0 Å². The Hall–Kier alpha value is -2.34. The van der Waals surface area contributed by atoms with Gasteiger partial charge in [0, 0.05) is 10.0 Å². The number of nitrogens with zero attached hydrogens (tertiary/aromatic N) is 1. The van der Waals surface area contributed by atoms with Gasteiger partial charge in [-0.05, 0) is 44.6 Å². The van der Waals surface area contributed by atoms with E-state index in [1.807, 2.05) is 24.3 Å². The summed E-state index contributed by atoms with van der Waals surface area (Å²) in [5.41, 5.74) is 5.65. The van der Waals surface area contributed by atoms with Crippen molar-refractivity contribution in [3.05, 3.63) is 57.6 Å². The molecule has 0 radical (unpaired) electrons. The fourth-order valence-corrected chi connectivity index (χ4v) is 2.98. The molecule has 1 aliphatic rings. The molecule has 2 aromatic carbocycles. The SMILES string of the molecule is CC(C)(C)c1ccc(CC(=O)N/N=C\c2cc3c(cc2Br)OCO3)cc1. The van der Waals surface area contributed by atoms with Crippen molar-refractivity contribution in [1.82, 2.24) is 5.43 Å². The quantitative estimate of drug-likeness (QED) is 0.600. The number of halogens is 1. The molecule has 1 aliphatic heterocycles. The van der Waals surface area contributed by atoms with Crippen LogP contribution in [0, 0.1) is 0 Å². The van der Waals surface area contributed by atoms with Crippen LogP contribution in [0.25, 0.3) is 0 Å². The van der Waals surface area contributed by atoms with Gasteiger partial charge in [-0.1, -0.05) is 45.0 Å². The van der Waals surface area contributed by atoms with E-state index in [2.05, 4.69) is 59.4 Å². The Morgan fingerprint density at radius 3 is 2.50 bits per heavy atom. The number of carbonyl (C=O) groups is 1. The van der Waals surface area contributed by atoms with E-state index in [1.165, 1.54) is 5.56 Å². The second kappa shape index (κ2) is 7.50. The number of hydrogen-bond acceptors (Lipinski definition) is 4. The molecule has 2 aromatic rings. The molecular weight excluding hydrogens is 396 g/mol. The first kappa shape index (κ1) is 18.5. The number of fused-ring (bicyclic) bond motifs is 1. The Balaban J connectivity index is 1.58. The zero-order valence-corrected chi connectivity index (χ0v) is 16.6. The van der Waals surface area contributed by atoms with E-state index in [-0.39, 0.29) is 24.5 Å². The second-order valence-electron chi connectivity index (χ2n) is 7.14. The Morgan fingerprint density at radius 2 is 1.85 bits per heavy atom. The predicted molar refractivity (Wildman–Crippen MR) is 105 cm³/mol. The Kier molecular flexibility index (Phi) is 5.32. The maximum Gasteiger partial charge on any atom is 0.244 e. The number of amides is 1. The maximum absolute atomic E-state index is 12.1. The lowest BCUT2D eigenvalue weighted by Crippen LogP contribution is -2.20. The molecule has 3 rings (SSSR count). The fourth-order valence-electron chi connectivity index (χ4n) is 2.55. The molecule has 136 valence electrons. The zero-order chi connectivity index (χ0) is 18.7. The molecule has 1 heterocycles. The predicted octanol–water partition coefficient (Wildman–Crippen LogP) is 4.17. The van der Waals surface area contributed by atoms with E-state index in [4.69, 9.17) is 9.47 Å². The highest BCUT2D eigenvalue weighted by Gasteiger charge is 2.16. The van der Waals surface area contributed by atoms with Gasteiger partial charge < -0.3 is 9.47 Å².